The highest BCUT2D eigenvalue weighted by Crippen LogP contribution is 2.37. The number of hydrogen-bond donors (Lipinski definition) is 0. The lowest BCUT2D eigenvalue weighted by molar-refractivity contribution is -0.120. The minimum Gasteiger partial charge on any atom is -0.381 e. The molecule has 0 spiro atoms. The molecule has 0 N–H and O–H groups in total. The molecule has 2 atom stereocenters. The van der Waals surface area contributed by atoms with Gasteiger partial charge in [-0.3, -0.25) is 9.69 Å². The van der Waals surface area contributed by atoms with Crippen LogP contribution in [-0.2, 0) is 9.53 Å². The second-order valence-corrected chi connectivity index (χ2v) is 6.87. The Labute approximate surface area is 123 Å². The first-order chi connectivity index (χ1) is 9.83. The predicted molar refractivity (Wildman–Crippen MR) is 79.1 cm³/mol. The number of amides is 1. The van der Waals surface area contributed by atoms with E-state index >= 15 is 0 Å². The normalized spacial score (nSPS) is 32.0. The van der Waals surface area contributed by atoms with Crippen molar-refractivity contribution >= 4 is 22.9 Å². The Morgan fingerprint density at radius 3 is 2.75 bits per heavy atom. The quantitative estimate of drug-likeness (QED) is 0.833. The molecule has 4 heterocycles. The van der Waals surface area contributed by atoms with E-state index < -0.39 is 0 Å². The summed E-state index contributed by atoms with van der Waals surface area (Å²) >= 11 is 1.66. The zero-order valence-electron chi connectivity index (χ0n) is 11.5. The summed E-state index contributed by atoms with van der Waals surface area (Å²) in [5.41, 5.74) is 1.09. The molecule has 0 saturated carbocycles. The second-order valence-electron chi connectivity index (χ2n) is 6.09. The largest absolute Gasteiger partial charge is 0.381 e. The minimum absolute atomic E-state index is 0.220. The highest BCUT2D eigenvalue weighted by molar-refractivity contribution is 7.08. The van der Waals surface area contributed by atoms with Crippen LogP contribution in [0.25, 0.3) is 0 Å². The molecule has 0 bridgehead atoms. The van der Waals surface area contributed by atoms with Crippen molar-refractivity contribution < 1.29 is 9.53 Å². The minimum atomic E-state index is 0.220. The number of fused-ring (bicyclic) bond motifs is 1. The fraction of sp³-hybridized carbons (Fsp3) is 0.667. The molecule has 108 valence electrons. The van der Waals surface area contributed by atoms with Gasteiger partial charge in [0, 0.05) is 50.2 Å². The van der Waals surface area contributed by atoms with Gasteiger partial charge < -0.3 is 9.64 Å². The van der Waals surface area contributed by atoms with Gasteiger partial charge in [0.05, 0.1) is 11.6 Å². The third-order valence-electron chi connectivity index (χ3n) is 4.99. The molecular weight excluding hydrogens is 272 g/mol. The molecule has 1 aromatic heterocycles. The molecule has 3 fully saturated rings. The molecule has 5 heteroatoms. The smallest absolute Gasteiger partial charge is 0.231 e. The number of rotatable bonds is 2. The van der Waals surface area contributed by atoms with Crippen molar-refractivity contribution in [2.45, 2.75) is 18.9 Å². The number of carbonyl (C=O) groups is 1. The fourth-order valence-corrected chi connectivity index (χ4v) is 4.53. The zero-order valence-corrected chi connectivity index (χ0v) is 12.3. The summed E-state index contributed by atoms with van der Waals surface area (Å²) < 4.78 is 5.44. The standard InChI is InChI=1S/C15H20N2O2S/c18-15-14-9-16(12-1-4-19-5-2-12)7-11(14)8-17(15)13-3-6-20-10-13/h3,6,10-12,14H,1-2,4-5,7-9H2/t11-,14-/m0/s1. The van der Waals surface area contributed by atoms with Gasteiger partial charge in [0.1, 0.15) is 0 Å². The number of likely N-dealkylation sites (tertiary alicyclic amines) is 1. The van der Waals surface area contributed by atoms with E-state index in [4.69, 9.17) is 4.74 Å². The van der Waals surface area contributed by atoms with Crippen molar-refractivity contribution in [1.82, 2.24) is 4.90 Å². The van der Waals surface area contributed by atoms with E-state index in [0.29, 0.717) is 17.9 Å². The average molecular weight is 292 g/mol. The van der Waals surface area contributed by atoms with Crippen molar-refractivity contribution in [3.05, 3.63) is 16.8 Å². The van der Waals surface area contributed by atoms with E-state index in [-0.39, 0.29) is 5.92 Å². The van der Waals surface area contributed by atoms with Crippen molar-refractivity contribution in [2.75, 3.05) is 37.7 Å². The summed E-state index contributed by atoms with van der Waals surface area (Å²) in [6.07, 6.45) is 2.25. The molecule has 4 nitrogen and oxygen atoms in total. The van der Waals surface area contributed by atoms with Crippen LogP contribution in [0.2, 0.25) is 0 Å². The van der Waals surface area contributed by atoms with Crippen molar-refractivity contribution in [3.8, 4) is 0 Å². The van der Waals surface area contributed by atoms with E-state index in [1.165, 1.54) is 0 Å². The highest BCUT2D eigenvalue weighted by atomic mass is 32.1. The van der Waals surface area contributed by atoms with Gasteiger partial charge in [0.25, 0.3) is 0 Å². The number of anilines is 1. The van der Waals surface area contributed by atoms with Crippen LogP contribution in [0.3, 0.4) is 0 Å². The molecule has 3 saturated heterocycles. The van der Waals surface area contributed by atoms with Gasteiger partial charge in [-0.2, -0.15) is 11.3 Å². The van der Waals surface area contributed by atoms with Crippen LogP contribution >= 0.6 is 11.3 Å². The predicted octanol–water partition coefficient (Wildman–Crippen LogP) is 1.82. The van der Waals surface area contributed by atoms with Crippen molar-refractivity contribution in [3.63, 3.8) is 0 Å². The Morgan fingerprint density at radius 1 is 1.20 bits per heavy atom. The van der Waals surface area contributed by atoms with Crippen LogP contribution in [0, 0.1) is 11.8 Å². The van der Waals surface area contributed by atoms with E-state index in [1.807, 2.05) is 10.3 Å². The summed E-state index contributed by atoms with van der Waals surface area (Å²) in [6, 6.07) is 2.69. The summed E-state index contributed by atoms with van der Waals surface area (Å²) in [4.78, 5) is 17.1. The molecule has 1 aromatic rings. The molecule has 3 aliphatic heterocycles. The molecule has 4 rings (SSSR count). The number of nitrogens with zero attached hydrogens (tertiary/aromatic N) is 2. The van der Waals surface area contributed by atoms with Crippen LogP contribution in [-0.4, -0.2) is 49.7 Å². The summed E-state index contributed by atoms with van der Waals surface area (Å²) in [5.74, 6) is 1.07. The first-order valence-corrected chi connectivity index (χ1v) is 8.42. The molecule has 20 heavy (non-hydrogen) atoms. The molecule has 0 aromatic carbocycles. The Hall–Kier alpha value is -0.910. The first-order valence-electron chi connectivity index (χ1n) is 7.48. The topological polar surface area (TPSA) is 32.8 Å². The van der Waals surface area contributed by atoms with Crippen LogP contribution in [0.1, 0.15) is 12.8 Å². The summed E-state index contributed by atoms with van der Waals surface area (Å²) in [5, 5.41) is 4.13. The number of thiophene rings is 1. The Balaban J connectivity index is 1.44. The molecule has 0 unspecified atom stereocenters. The summed E-state index contributed by atoms with van der Waals surface area (Å²) in [7, 11) is 0. The summed E-state index contributed by atoms with van der Waals surface area (Å²) in [6.45, 7) is 4.70. The fourth-order valence-electron chi connectivity index (χ4n) is 3.89. The number of carbonyl (C=O) groups excluding carboxylic acids is 1. The van der Waals surface area contributed by atoms with Gasteiger partial charge in [-0.1, -0.05) is 0 Å². The molecule has 0 radical (unpaired) electrons. The van der Waals surface area contributed by atoms with Gasteiger partial charge in [-0.15, -0.1) is 0 Å². The van der Waals surface area contributed by atoms with E-state index in [1.54, 1.807) is 11.3 Å². The lowest BCUT2D eigenvalue weighted by atomic mass is 10.0. The first kappa shape index (κ1) is 12.8. The maximum atomic E-state index is 12.6. The van der Waals surface area contributed by atoms with Gasteiger partial charge in [0.2, 0.25) is 5.91 Å². The highest BCUT2D eigenvalue weighted by Gasteiger charge is 2.47. The maximum Gasteiger partial charge on any atom is 0.231 e. The van der Waals surface area contributed by atoms with Crippen molar-refractivity contribution in [1.29, 1.82) is 0 Å². The molecular formula is C15H20N2O2S. The van der Waals surface area contributed by atoms with Crippen molar-refractivity contribution in [2.24, 2.45) is 11.8 Å². The van der Waals surface area contributed by atoms with Gasteiger partial charge in [0.15, 0.2) is 0 Å². The molecule has 1 amide bonds. The lowest BCUT2D eigenvalue weighted by Gasteiger charge is -2.32. The molecule has 0 aliphatic carbocycles. The Morgan fingerprint density at radius 2 is 2.05 bits per heavy atom. The molecule has 3 aliphatic rings. The third kappa shape index (κ3) is 2.08. The monoisotopic (exact) mass is 292 g/mol. The van der Waals surface area contributed by atoms with Crippen LogP contribution in [0.5, 0.6) is 0 Å². The van der Waals surface area contributed by atoms with E-state index in [2.05, 4.69) is 16.3 Å². The lowest BCUT2D eigenvalue weighted by Crippen LogP contribution is -2.40. The van der Waals surface area contributed by atoms with Crippen LogP contribution in [0.4, 0.5) is 5.69 Å². The average Bonchev–Trinajstić information content (AvgIpc) is 3.18. The number of ether oxygens (including phenoxy) is 1. The van der Waals surface area contributed by atoms with Gasteiger partial charge in [-0.05, 0) is 24.3 Å². The maximum absolute atomic E-state index is 12.6. The van der Waals surface area contributed by atoms with E-state index in [0.717, 1.165) is 51.4 Å². The van der Waals surface area contributed by atoms with E-state index in [9.17, 15) is 4.79 Å². The zero-order chi connectivity index (χ0) is 13.5. The third-order valence-corrected chi connectivity index (χ3v) is 5.67. The van der Waals surface area contributed by atoms with Gasteiger partial charge in [-0.25, -0.2) is 0 Å². The second kappa shape index (κ2) is 5.13. The Kier molecular flexibility index (Phi) is 3.28. The number of hydrogen-bond acceptors (Lipinski definition) is 4. The van der Waals surface area contributed by atoms with Crippen LogP contribution in [0.15, 0.2) is 16.8 Å². The van der Waals surface area contributed by atoms with Crippen LogP contribution < -0.4 is 4.90 Å². The Bertz CT molecular complexity index is 484. The SMILES string of the molecule is O=C1[C@H]2CN(C3CCOCC3)C[C@H]2CN1c1ccsc1. The van der Waals surface area contributed by atoms with Gasteiger partial charge >= 0.3 is 0 Å².